The molecule has 1 heterocycles. The number of sulfone groups is 1. The third-order valence-corrected chi connectivity index (χ3v) is 5.65. The summed E-state index contributed by atoms with van der Waals surface area (Å²) < 4.78 is 22.9. The van der Waals surface area contributed by atoms with Crippen molar-refractivity contribution in [2.75, 3.05) is 44.2 Å². The lowest BCUT2D eigenvalue weighted by Gasteiger charge is -2.26. The third kappa shape index (κ3) is 6.67. The van der Waals surface area contributed by atoms with E-state index in [1.54, 1.807) is 0 Å². The fraction of sp³-hybridized carbons (Fsp3) is 0.562. The van der Waals surface area contributed by atoms with Crippen molar-refractivity contribution in [3.05, 3.63) is 34.9 Å². The van der Waals surface area contributed by atoms with E-state index >= 15 is 0 Å². The van der Waals surface area contributed by atoms with Crippen molar-refractivity contribution in [2.45, 2.75) is 13.5 Å². The summed E-state index contributed by atoms with van der Waals surface area (Å²) in [7, 11) is -2.82. The molecule has 134 valence electrons. The zero-order chi connectivity index (χ0) is 17.4. The molecule has 0 amide bonds. The summed E-state index contributed by atoms with van der Waals surface area (Å²) in [5, 5.41) is 7.21. The average Bonchev–Trinajstić information content (AvgIpc) is 2.54. The molecule has 1 aliphatic heterocycles. The summed E-state index contributed by atoms with van der Waals surface area (Å²) in [6.45, 7) is 6.10. The van der Waals surface area contributed by atoms with Crippen molar-refractivity contribution in [1.82, 2.24) is 15.5 Å². The van der Waals surface area contributed by atoms with E-state index in [0.717, 1.165) is 31.2 Å². The van der Waals surface area contributed by atoms with Crippen LogP contribution in [0.2, 0.25) is 5.02 Å². The normalized spacial score (nSPS) is 18.3. The minimum Gasteiger partial charge on any atom is -0.357 e. The second kappa shape index (κ2) is 9.25. The van der Waals surface area contributed by atoms with Crippen LogP contribution in [0.3, 0.4) is 0 Å². The molecule has 0 aromatic heterocycles. The molecule has 1 aliphatic rings. The van der Waals surface area contributed by atoms with E-state index in [1.165, 1.54) is 0 Å². The maximum Gasteiger partial charge on any atom is 0.191 e. The molecule has 1 aromatic rings. The van der Waals surface area contributed by atoms with Gasteiger partial charge in [0, 0.05) is 37.7 Å². The number of nitrogens with one attached hydrogen (secondary N) is 2. The zero-order valence-electron chi connectivity index (χ0n) is 14.0. The standard InChI is InChI=1S/C16H25ClN4O2S/c1-2-18-16(20-13-14-4-3-5-15(17)12-14)19-6-7-21-8-10-24(22,23)11-9-21/h3-5,12H,2,6-11,13H2,1H3,(H2,18,19,20). The Morgan fingerprint density at radius 1 is 1.29 bits per heavy atom. The van der Waals surface area contributed by atoms with Gasteiger partial charge < -0.3 is 10.6 Å². The molecule has 0 atom stereocenters. The molecule has 6 nitrogen and oxygen atoms in total. The van der Waals surface area contributed by atoms with Crippen LogP contribution >= 0.6 is 11.6 Å². The van der Waals surface area contributed by atoms with E-state index in [9.17, 15) is 8.42 Å². The Balaban J connectivity index is 1.79. The van der Waals surface area contributed by atoms with Gasteiger partial charge in [-0.1, -0.05) is 23.7 Å². The lowest BCUT2D eigenvalue weighted by atomic mass is 10.2. The topological polar surface area (TPSA) is 73.8 Å². The minimum absolute atomic E-state index is 0.260. The van der Waals surface area contributed by atoms with Gasteiger partial charge in [-0.3, -0.25) is 4.90 Å². The Hall–Kier alpha value is -1.31. The smallest absolute Gasteiger partial charge is 0.191 e. The average molecular weight is 373 g/mol. The Labute approximate surface area is 149 Å². The van der Waals surface area contributed by atoms with Crippen LogP contribution in [0.25, 0.3) is 0 Å². The predicted octanol–water partition coefficient (Wildman–Crippen LogP) is 1.13. The van der Waals surface area contributed by atoms with Gasteiger partial charge in [-0.05, 0) is 24.6 Å². The SMILES string of the molecule is CCNC(=NCc1cccc(Cl)c1)NCCN1CCS(=O)(=O)CC1. The summed E-state index contributed by atoms with van der Waals surface area (Å²) in [6, 6.07) is 7.66. The predicted molar refractivity (Wildman–Crippen MR) is 99.4 cm³/mol. The summed E-state index contributed by atoms with van der Waals surface area (Å²) in [5.74, 6) is 1.27. The van der Waals surface area contributed by atoms with Crippen LogP contribution in [0.15, 0.2) is 29.3 Å². The maximum atomic E-state index is 11.4. The van der Waals surface area contributed by atoms with E-state index in [-0.39, 0.29) is 11.5 Å². The number of hydrogen-bond donors (Lipinski definition) is 2. The highest BCUT2D eigenvalue weighted by atomic mass is 35.5. The lowest BCUT2D eigenvalue weighted by molar-refractivity contribution is 0.299. The van der Waals surface area contributed by atoms with Crippen LogP contribution in [0.1, 0.15) is 12.5 Å². The number of aliphatic imine (C=N–C) groups is 1. The summed E-state index contributed by atoms with van der Waals surface area (Å²) in [4.78, 5) is 6.71. The molecule has 0 radical (unpaired) electrons. The number of rotatable bonds is 6. The zero-order valence-corrected chi connectivity index (χ0v) is 15.5. The van der Waals surface area contributed by atoms with E-state index in [2.05, 4.69) is 20.5 Å². The van der Waals surface area contributed by atoms with Gasteiger partial charge in [0.1, 0.15) is 0 Å². The highest BCUT2D eigenvalue weighted by Gasteiger charge is 2.20. The molecular weight excluding hydrogens is 348 g/mol. The lowest BCUT2D eigenvalue weighted by Crippen LogP contribution is -2.45. The Morgan fingerprint density at radius 2 is 2.04 bits per heavy atom. The van der Waals surface area contributed by atoms with E-state index in [1.807, 2.05) is 31.2 Å². The first-order valence-corrected chi connectivity index (χ1v) is 10.4. The second-order valence-electron chi connectivity index (χ2n) is 5.75. The Bertz CT molecular complexity index is 650. The highest BCUT2D eigenvalue weighted by Crippen LogP contribution is 2.11. The summed E-state index contributed by atoms with van der Waals surface area (Å²) in [6.07, 6.45) is 0. The largest absolute Gasteiger partial charge is 0.357 e. The number of halogens is 1. The van der Waals surface area contributed by atoms with Gasteiger partial charge in [0.25, 0.3) is 0 Å². The van der Waals surface area contributed by atoms with Crippen molar-refractivity contribution in [2.24, 2.45) is 4.99 Å². The molecule has 2 N–H and O–H groups in total. The van der Waals surface area contributed by atoms with Gasteiger partial charge in [0.15, 0.2) is 15.8 Å². The van der Waals surface area contributed by atoms with Crippen molar-refractivity contribution in [1.29, 1.82) is 0 Å². The molecule has 1 fully saturated rings. The van der Waals surface area contributed by atoms with Crippen LogP contribution < -0.4 is 10.6 Å². The fourth-order valence-corrected chi connectivity index (χ4v) is 3.94. The molecule has 24 heavy (non-hydrogen) atoms. The maximum absolute atomic E-state index is 11.4. The molecule has 1 aromatic carbocycles. The third-order valence-electron chi connectivity index (χ3n) is 3.81. The summed E-state index contributed by atoms with van der Waals surface area (Å²) in [5.41, 5.74) is 1.06. The van der Waals surface area contributed by atoms with Gasteiger partial charge >= 0.3 is 0 Å². The molecule has 0 unspecified atom stereocenters. The van der Waals surface area contributed by atoms with Crippen molar-refractivity contribution in [3.63, 3.8) is 0 Å². The van der Waals surface area contributed by atoms with Crippen molar-refractivity contribution < 1.29 is 8.42 Å². The van der Waals surface area contributed by atoms with E-state index < -0.39 is 9.84 Å². The van der Waals surface area contributed by atoms with Gasteiger partial charge in [-0.25, -0.2) is 13.4 Å². The monoisotopic (exact) mass is 372 g/mol. The van der Waals surface area contributed by atoms with Crippen LogP contribution in [0, 0.1) is 0 Å². The van der Waals surface area contributed by atoms with Gasteiger partial charge in [0.05, 0.1) is 18.1 Å². The first kappa shape index (κ1) is 19.0. The molecule has 0 saturated carbocycles. The molecule has 8 heteroatoms. The minimum atomic E-state index is -2.82. The Kier molecular flexibility index (Phi) is 7.33. The molecule has 0 bridgehead atoms. The fourth-order valence-electron chi connectivity index (χ4n) is 2.45. The quantitative estimate of drug-likeness (QED) is 0.578. The van der Waals surface area contributed by atoms with E-state index in [0.29, 0.717) is 24.7 Å². The number of benzene rings is 1. The first-order valence-electron chi connectivity index (χ1n) is 8.18. The van der Waals surface area contributed by atoms with Crippen LogP contribution in [0.4, 0.5) is 0 Å². The highest BCUT2D eigenvalue weighted by molar-refractivity contribution is 7.91. The van der Waals surface area contributed by atoms with Gasteiger partial charge in [-0.2, -0.15) is 0 Å². The van der Waals surface area contributed by atoms with Crippen molar-refractivity contribution in [3.8, 4) is 0 Å². The van der Waals surface area contributed by atoms with Crippen LogP contribution in [-0.2, 0) is 16.4 Å². The van der Waals surface area contributed by atoms with Crippen molar-refractivity contribution >= 4 is 27.4 Å². The number of hydrogen-bond acceptors (Lipinski definition) is 4. The first-order chi connectivity index (χ1) is 11.5. The number of nitrogens with zero attached hydrogens (tertiary/aromatic N) is 2. The molecular formula is C16H25ClN4O2S. The van der Waals surface area contributed by atoms with Gasteiger partial charge in [-0.15, -0.1) is 0 Å². The molecule has 0 spiro atoms. The Morgan fingerprint density at radius 3 is 2.71 bits per heavy atom. The van der Waals surface area contributed by atoms with E-state index in [4.69, 9.17) is 11.6 Å². The van der Waals surface area contributed by atoms with Crippen LogP contribution in [-0.4, -0.2) is 63.5 Å². The molecule has 0 aliphatic carbocycles. The van der Waals surface area contributed by atoms with Crippen LogP contribution in [0.5, 0.6) is 0 Å². The van der Waals surface area contributed by atoms with Gasteiger partial charge in [0.2, 0.25) is 0 Å². The molecule has 1 saturated heterocycles. The second-order valence-corrected chi connectivity index (χ2v) is 8.49. The molecule has 2 rings (SSSR count). The number of guanidine groups is 1. The summed E-state index contributed by atoms with van der Waals surface area (Å²) >= 11 is 5.98.